The number of fused-ring (bicyclic) bond motifs is 1. The topological polar surface area (TPSA) is 109 Å². The van der Waals surface area contributed by atoms with Crippen molar-refractivity contribution < 1.29 is 14.6 Å². The summed E-state index contributed by atoms with van der Waals surface area (Å²) in [5.41, 5.74) is 3.76. The van der Waals surface area contributed by atoms with Gasteiger partial charge >= 0.3 is 0 Å². The van der Waals surface area contributed by atoms with E-state index in [-0.39, 0.29) is 5.56 Å². The highest BCUT2D eigenvalue weighted by Gasteiger charge is 2.08. The van der Waals surface area contributed by atoms with Crippen molar-refractivity contribution >= 4 is 29.0 Å². The highest BCUT2D eigenvalue weighted by atomic mass is 16.5. The van der Waals surface area contributed by atoms with Crippen LogP contribution in [0.5, 0.6) is 5.75 Å². The SMILES string of the molecule is CCn1c(N/N=C\c2ccccc2OCC(=O)[O-])nc2ccccc2c1=O. The minimum Gasteiger partial charge on any atom is -0.546 e. The number of rotatable bonds is 7. The molecule has 0 aliphatic heterocycles. The number of nitrogens with one attached hydrogen (secondary N) is 1. The first kappa shape index (κ1) is 18.1. The highest BCUT2D eigenvalue weighted by Crippen LogP contribution is 2.16. The molecule has 0 aliphatic rings. The van der Waals surface area contributed by atoms with E-state index in [0.717, 1.165) is 0 Å². The number of ether oxygens (including phenoxy) is 1. The second-order valence-corrected chi connectivity index (χ2v) is 5.57. The molecule has 27 heavy (non-hydrogen) atoms. The smallest absolute Gasteiger partial charge is 0.262 e. The fourth-order valence-electron chi connectivity index (χ4n) is 2.56. The number of carbonyl (C=O) groups excluding carboxylic acids is 1. The number of benzene rings is 2. The number of carboxylic acids is 1. The van der Waals surface area contributed by atoms with E-state index >= 15 is 0 Å². The van der Waals surface area contributed by atoms with E-state index in [9.17, 15) is 14.7 Å². The Morgan fingerprint density at radius 1 is 1.26 bits per heavy atom. The van der Waals surface area contributed by atoms with E-state index in [1.54, 1.807) is 42.5 Å². The molecular formula is C19H17N4O4-. The van der Waals surface area contributed by atoms with Gasteiger partial charge in [-0.25, -0.2) is 10.4 Å². The van der Waals surface area contributed by atoms with Gasteiger partial charge in [-0.15, -0.1) is 0 Å². The molecule has 0 saturated carbocycles. The molecule has 1 N–H and O–H groups in total. The monoisotopic (exact) mass is 365 g/mol. The molecule has 0 spiro atoms. The molecular weight excluding hydrogens is 348 g/mol. The van der Waals surface area contributed by atoms with Gasteiger partial charge in [0.05, 0.1) is 23.1 Å². The predicted octanol–water partition coefficient (Wildman–Crippen LogP) is 0.991. The third-order valence-electron chi connectivity index (χ3n) is 3.81. The van der Waals surface area contributed by atoms with Crippen LogP contribution in [0.2, 0.25) is 0 Å². The van der Waals surface area contributed by atoms with Crippen LogP contribution in [0.3, 0.4) is 0 Å². The van der Waals surface area contributed by atoms with Gasteiger partial charge in [-0.1, -0.05) is 24.3 Å². The Morgan fingerprint density at radius 3 is 2.78 bits per heavy atom. The molecule has 0 bridgehead atoms. The summed E-state index contributed by atoms with van der Waals surface area (Å²) in [6.07, 6.45) is 1.46. The van der Waals surface area contributed by atoms with Gasteiger partial charge in [0.25, 0.3) is 5.56 Å². The third kappa shape index (κ3) is 4.12. The Balaban J connectivity index is 1.87. The second kappa shape index (κ2) is 8.13. The number of aromatic nitrogens is 2. The average Bonchev–Trinajstić information content (AvgIpc) is 2.67. The van der Waals surface area contributed by atoms with E-state index in [0.29, 0.717) is 34.7 Å². The standard InChI is InChI=1S/C19H18N4O4/c1-2-23-18(26)14-8-4-5-9-15(14)21-19(23)22-20-11-13-7-3-6-10-16(13)27-12-17(24)25/h3-11H,2,12H2,1H3,(H,21,22)(H,24,25)/p-1/b20-11-. The van der Waals surface area contributed by atoms with Gasteiger partial charge in [-0.3, -0.25) is 9.36 Å². The van der Waals surface area contributed by atoms with E-state index in [1.807, 2.05) is 13.0 Å². The second-order valence-electron chi connectivity index (χ2n) is 5.57. The molecule has 1 heterocycles. The maximum Gasteiger partial charge on any atom is 0.262 e. The van der Waals surface area contributed by atoms with E-state index in [4.69, 9.17) is 4.74 Å². The van der Waals surface area contributed by atoms with Crippen LogP contribution < -0.4 is 20.8 Å². The summed E-state index contributed by atoms with van der Waals surface area (Å²) in [6, 6.07) is 13.9. The van der Waals surface area contributed by atoms with Crippen LogP contribution in [-0.4, -0.2) is 28.3 Å². The molecule has 138 valence electrons. The number of carbonyl (C=O) groups is 1. The van der Waals surface area contributed by atoms with Gasteiger partial charge in [-0.05, 0) is 31.2 Å². The summed E-state index contributed by atoms with van der Waals surface area (Å²) in [5, 5.41) is 15.2. The highest BCUT2D eigenvalue weighted by molar-refractivity contribution is 5.84. The number of para-hydroxylation sites is 2. The zero-order valence-electron chi connectivity index (χ0n) is 14.6. The lowest BCUT2D eigenvalue weighted by atomic mass is 10.2. The normalized spacial score (nSPS) is 11.0. The Labute approximate surface area is 154 Å². The molecule has 0 aliphatic carbocycles. The van der Waals surface area contributed by atoms with Gasteiger partial charge in [-0.2, -0.15) is 5.10 Å². The summed E-state index contributed by atoms with van der Waals surface area (Å²) in [4.78, 5) is 27.6. The lowest BCUT2D eigenvalue weighted by Gasteiger charge is -2.11. The van der Waals surface area contributed by atoms with Gasteiger partial charge in [0.15, 0.2) is 0 Å². The number of hydrogen-bond acceptors (Lipinski definition) is 7. The van der Waals surface area contributed by atoms with Crippen molar-refractivity contribution in [2.75, 3.05) is 12.0 Å². The number of anilines is 1. The minimum absolute atomic E-state index is 0.154. The van der Waals surface area contributed by atoms with E-state index < -0.39 is 12.6 Å². The van der Waals surface area contributed by atoms with Crippen molar-refractivity contribution in [1.82, 2.24) is 9.55 Å². The van der Waals surface area contributed by atoms with Crippen molar-refractivity contribution in [2.45, 2.75) is 13.5 Å². The van der Waals surface area contributed by atoms with Gasteiger partial charge in [0, 0.05) is 12.1 Å². The number of hydrogen-bond donors (Lipinski definition) is 1. The average molecular weight is 365 g/mol. The first-order valence-electron chi connectivity index (χ1n) is 8.30. The predicted molar refractivity (Wildman–Crippen MR) is 99.8 cm³/mol. The van der Waals surface area contributed by atoms with Crippen LogP contribution >= 0.6 is 0 Å². The Bertz CT molecular complexity index is 1060. The number of hydrazone groups is 1. The van der Waals surface area contributed by atoms with Crippen molar-refractivity contribution in [3.63, 3.8) is 0 Å². The maximum absolute atomic E-state index is 12.6. The molecule has 1 aromatic heterocycles. The first-order valence-corrected chi connectivity index (χ1v) is 8.30. The lowest BCUT2D eigenvalue weighted by molar-refractivity contribution is -0.307. The summed E-state index contributed by atoms with van der Waals surface area (Å²) in [5.74, 6) is -0.649. The van der Waals surface area contributed by atoms with Crippen LogP contribution in [0, 0.1) is 0 Å². The fraction of sp³-hybridized carbons (Fsp3) is 0.158. The quantitative estimate of drug-likeness (QED) is 0.494. The van der Waals surface area contributed by atoms with Crippen LogP contribution in [0.4, 0.5) is 5.95 Å². The van der Waals surface area contributed by atoms with Crippen molar-refractivity contribution in [3.8, 4) is 5.75 Å². The lowest BCUT2D eigenvalue weighted by Crippen LogP contribution is -2.29. The number of carboxylic acid groups (broad SMARTS) is 1. The Morgan fingerprint density at radius 2 is 2.00 bits per heavy atom. The molecule has 0 unspecified atom stereocenters. The molecule has 0 atom stereocenters. The Kier molecular flexibility index (Phi) is 5.46. The first-order chi connectivity index (χ1) is 13.1. The molecule has 8 heteroatoms. The minimum atomic E-state index is -1.31. The summed E-state index contributed by atoms with van der Waals surface area (Å²) in [7, 11) is 0. The van der Waals surface area contributed by atoms with Gasteiger partial charge in [0.1, 0.15) is 12.4 Å². The maximum atomic E-state index is 12.6. The fourth-order valence-corrected chi connectivity index (χ4v) is 2.56. The summed E-state index contributed by atoms with van der Waals surface area (Å²) >= 11 is 0. The molecule has 0 fully saturated rings. The zero-order valence-corrected chi connectivity index (χ0v) is 14.6. The van der Waals surface area contributed by atoms with Crippen LogP contribution in [0.25, 0.3) is 10.9 Å². The van der Waals surface area contributed by atoms with E-state index in [1.165, 1.54) is 10.8 Å². The van der Waals surface area contributed by atoms with Gasteiger partial charge in [0.2, 0.25) is 5.95 Å². The Hall–Kier alpha value is -3.68. The van der Waals surface area contributed by atoms with Crippen molar-refractivity contribution in [1.29, 1.82) is 0 Å². The zero-order chi connectivity index (χ0) is 19.2. The van der Waals surface area contributed by atoms with Crippen molar-refractivity contribution in [2.24, 2.45) is 5.10 Å². The van der Waals surface area contributed by atoms with Crippen LogP contribution in [-0.2, 0) is 11.3 Å². The van der Waals surface area contributed by atoms with Crippen LogP contribution in [0.1, 0.15) is 12.5 Å². The van der Waals surface area contributed by atoms with Crippen molar-refractivity contribution in [3.05, 3.63) is 64.4 Å². The molecule has 0 radical (unpaired) electrons. The van der Waals surface area contributed by atoms with E-state index in [2.05, 4.69) is 15.5 Å². The van der Waals surface area contributed by atoms with Gasteiger partial charge < -0.3 is 14.6 Å². The molecule has 3 aromatic rings. The largest absolute Gasteiger partial charge is 0.546 e. The third-order valence-corrected chi connectivity index (χ3v) is 3.81. The number of aliphatic carboxylic acids is 1. The molecule has 3 rings (SSSR count). The molecule has 0 amide bonds. The summed E-state index contributed by atoms with van der Waals surface area (Å²) < 4.78 is 6.66. The molecule has 0 saturated heterocycles. The molecule has 8 nitrogen and oxygen atoms in total. The molecule has 2 aromatic carbocycles. The number of nitrogens with zero attached hydrogens (tertiary/aromatic N) is 3. The summed E-state index contributed by atoms with van der Waals surface area (Å²) in [6.45, 7) is 1.72. The van der Waals surface area contributed by atoms with Crippen LogP contribution in [0.15, 0.2) is 58.4 Å².